The van der Waals surface area contributed by atoms with Crippen molar-refractivity contribution in [2.75, 3.05) is 19.6 Å². The first-order chi connectivity index (χ1) is 7.86. The standard InChI is InChI=1S/C10H20N2O4S/c1-3-4-11-17(15,16)12-6-8(2)5-9(7-12)10(13)14/h8-9,11H,3-7H2,1-2H3,(H,13,14). The van der Waals surface area contributed by atoms with Crippen LogP contribution in [-0.2, 0) is 15.0 Å². The zero-order valence-corrected chi connectivity index (χ0v) is 11.0. The van der Waals surface area contributed by atoms with Gasteiger partial charge in [0.2, 0.25) is 0 Å². The molecule has 1 rings (SSSR count). The Morgan fingerprint density at radius 3 is 2.65 bits per heavy atom. The van der Waals surface area contributed by atoms with E-state index >= 15 is 0 Å². The summed E-state index contributed by atoms with van der Waals surface area (Å²) in [5.74, 6) is -1.45. The number of nitrogens with one attached hydrogen (secondary N) is 1. The molecule has 0 aliphatic carbocycles. The number of hydrogen-bond acceptors (Lipinski definition) is 3. The molecule has 1 aliphatic rings. The van der Waals surface area contributed by atoms with E-state index in [0.29, 0.717) is 25.9 Å². The van der Waals surface area contributed by atoms with Gasteiger partial charge in [0, 0.05) is 19.6 Å². The summed E-state index contributed by atoms with van der Waals surface area (Å²) < 4.78 is 27.5. The van der Waals surface area contributed by atoms with Gasteiger partial charge in [-0.05, 0) is 18.8 Å². The van der Waals surface area contributed by atoms with Crippen molar-refractivity contribution < 1.29 is 18.3 Å². The second kappa shape index (κ2) is 5.79. The molecule has 1 aliphatic heterocycles. The highest BCUT2D eigenvalue weighted by atomic mass is 32.2. The minimum Gasteiger partial charge on any atom is -0.481 e. The average Bonchev–Trinajstić information content (AvgIpc) is 2.25. The number of carboxylic acid groups (broad SMARTS) is 1. The topological polar surface area (TPSA) is 86.7 Å². The molecular weight excluding hydrogens is 244 g/mol. The molecule has 2 unspecified atom stereocenters. The summed E-state index contributed by atoms with van der Waals surface area (Å²) in [5, 5.41) is 8.97. The summed E-state index contributed by atoms with van der Waals surface area (Å²) in [6.45, 7) is 4.59. The Kier molecular flexibility index (Phi) is 4.91. The molecule has 0 spiro atoms. The monoisotopic (exact) mass is 264 g/mol. The lowest BCUT2D eigenvalue weighted by Crippen LogP contribution is -2.49. The van der Waals surface area contributed by atoms with Gasteiger partial charge in [-0.2, -0.15) is 12.7 Å². The van der Waals surface area contributed by atoms with E-state index in [-0.39, 0.29) is 12.5 Å². The SMILES string of the molecule is CCCNS(=O)(=O)N1CC(C)CC(C(=O)O)C1. The van der Waals surface area contributed by atoms with E-state index in [9.17, 15) is 13.2 Å². The molecular formula is C10H20N2O4S. The van der Waals surface area contributed by atoms with Crippen LogP contribution in [-0.4, -0.2) is 43.4 Å². The van der Waals surface area contributed by atoms with E-state index in [1.54, 1.807) is 0 Å². The van der Waals surface area contributed by atoms with E-state index in [1.807, 2.05) is 13.8 Å². The highest BCUT2D eigenvalue weighted by Crippen LogP contribution is 2.23. The van der Waals surface area contributed by atoms with E-state index in [2.05, 4.69) is 4.72 Å². The van der Waals surface area contributed by atoms with E-state index in [4.69, 9.17) is 5.11 Å². The molecule has 1 heterocycles. The van der Waals surface area contributed by atoms with Gasteiger partial charge in [-0.1, -0.05) is 13.8 Å². The van der Waals surface area contributed by atoms with Crippen LogP contribution in [0.1, 0.15) is 26.7 Å². The van der Waals surface area contributed by atoms with Gasteiger partial charge in [0.05, 0.1) is 5.92 Å². The first-order valence-electron chi connectivity index (χ1n) is 5.84. The minimum atomic E-state index is -3.52. The molecule has 2 atom stereocenters. The minimum absolute atomic E-state index is 0.0682. The van der Waals surface area contributed by atoms with Gasteiger partial charge in [-0.25, -0.2) is 4.72 Å². The van der Waals surface area contributed by atoms with E-state index < -0.39 is 22.1 Å². The maximum absolute atomic E-state index is 11.9. The van der Waals surface area contributed by atoms with Crippen LogP contribution in [0.3, 0.4) is 0 Å². The molecule has 0 amide bonds. The lowest BCUT2D eigenvalue weighted by atomic mass is 9.92. The molecule has 7 heteroatoms. The van der Waals surface area contributed by atoms with Crippen LogP contribution in [0, 0.1) is 11.8 Å². The molecule has 0 aromatic heterocycles. The highest BCUT2D eigenvalue weighted by Gasteiger charge is 2.35. The van der Waals surface area contributed by atoms with Crippen molar-refractivity contribution in [1.82, 2.24) is 9.03 Å². The molecule has 0 saturated carbocycles. The van der Waals surface area contributed by atoms with Crippen molar-refractivity contribution >= 4 is 16.2 Å². The lowest BCUT2D eigenvalue weighted by Gasteiger charge is -2.33. The summed E-state index contributed by atoms with van der Waals surface area (Å²) in [6.07, 6.45) is 1.25. The van der Waals surface area contributed by atoms with Crippen molar-refractivity contribution in [1.29, 1.82) is 0 Å². The molecule has 2 N–H and O–H groups in total. The number of piperidine rings is 1. The van der Waals surface area contributed by atoms with Crippen LogP contribution in [0.5, 0.6) is 0 Å². The maximum Gasteiger partial charge on any atom is 0.307 e. The number of carboxylic acids is 1. The third kappa shape index (κ3) is 3.93. The van der Waals surface area contributed by atoms with Gasteiger partial charge < -0.3 is 5.11 Å². The fraction of sp³-hybridized carbons (Fsp3) is 0.900. The molecule has 17 heavy (non-hydrogen) atoms. The van der Waals surface area contributed by atoms with Crippen LogP contribution >= 0.6 is 0 Å². The smallest absolute Gasteiger partial charge is 0.307 e. The second-order valence-electron chi connectivity index (χ2n) is 4.59. The van der Waals surface area contributed by atoms with Gasteiger partial charge in [0.25, 0.3) is 10.2 Å². The fourth-order valence-electron chi connectivity index (χ4n) is 2.00. The second-order valence-corrected chi connectivity index (χ2v) is 6.35. The maximum atomic E-state index is 11.9. The van der Waals surface area contributed by atoms with Crippen molar-refractivity contribution in [2.45, 2.75) is 26.7 Å². The Bertz CT molecular complexity index is 369. The highest BCUT2D eigenvalue weighted by molar-refractivity contribution is 7.87. The molecule has 0 bridgehead atoms. The largest absolute Gasteiger partial charge is 0.481 e. The van der Waals surface area contributed by atoms with Gasteiger partial charge in [0.15, 0.2) is 0 Å². The summed E-state index contributed by atoms with van der Waals surface area (Å²) in [4.78, 5) is 10.9. The quantitative estimate of drug-likeness (QED) is 0.746. The van der Waals surface area contributed by atoms with Gasteiger partial charge in [-0.15, -0.1) is 0 Å². The number of nitrogens with zero attached hydrogens (tertiary/aromatic N) is 1. The lowest BCUT2D eigenvalue weighted by molar-refractivity contribution is -0.143. The first-order valence-corrected chi connectivity index (χ1v) is 7.28. The fourth-order valence-corrected chi connectivity index (χ4v) is 3.47. The van der Waals surface area contributed by atoms with E-state index in [0.717, 1.165) is 0 Å². The predicted octanol–water partition coefficient (Wildman–Crippen LogP) is 0.273. The van der Waals surface area contributed by atoms with Crippen LogP contribution in [0.15, 0.2) is 0 Å². The summed E-state index contributed by atoms with van der Waals surface area (Å²) in [7, 11) is -3.52. The van der Waals surface area contributed by atoms with Crippen molar-refractivity contribution in [3.63, 3.8) is 0 Å². The Hall–Kier alpha value is -0.660. The van der Waals surface area contributed by atoms with Crippen LogP contribution in [0.25, 0.3) is 0 Å². The van der Waals surface area contributed by atoms with Gasteiger partial charge in [0.1, 0.15) is 0 Å². The normalized spacial score (nSPS) is 26.9. The third-order valence-electron chi connectivity index (χ3n) is 2.85. The zero-order valence-electron chi connectivity index (χ0n) is 10.2. The summed E-state index contributed by atoms with van der Waals surface area (Å²) in [5.41, 5.74) is 0. The van der Waals surface area contributed by atoms with Gasteiger partial charge >= 0.3 is 5.97 Å². The Morgan fingerprint density at radius 2 is 2.12 bits per heavy atom. The summed E-state index contributed by atoms with van der Waals surface area (Å²) >= 11 is 0. The van der Waals surface area contributed by atoms with E-state index in [1.165, 1.54) is 4.31 Å². The summed E-state index contributed by atoms with van der Waals surface area (Å²) in [6, 6.07) is 0. The van der Waals surface area contributed by atoms with Crippen LogP contribution < -0.4 is 4.72 Å². The Labute approximate surface area is 102 Å². The molecule has 6 nitrogen and oxygen atoms in total. The molecule has 0 radical (unpaired) electrons. The Morgan fingerprint density at radius 1 is 1.47 bits per heavy atom. The molecule has 1 fully saturated rings. The van der Waals surface area contributed by atoms with Gasteiger partial charge in [-0.3, -0.25) is 4.79 Å². The van der Waals surface area contributed by atoms with Crippen molar-refractivity contribution in [2.24, 2.45) is 11.8 Å². The molecule has 0 aromatic carbocycles. The molecule has 100 valence electrons. The van der Waals surface area contributed by atoms with Crippen molar-refractivity contribution in [3.8, 4) is 0 Å². The predicted molar refractivity (Wildman–Crippen MR) is 63.7 cm³/mol. The van der Waals surface area contributed by atoms with Crippen LogP contribution in [0.2, 0.25) is 0 Å². The number of carbonyl (C=O) groups is 1. The average molecular weight is 264 g/mol. The Balaban J connectivity index is 2.73. The molecule has 0 aromatic rings. The third-order valence-corrected chi connectivity index (χ3v) is 4.40. The first kappa shape index (κ1) is 14.4. The van der Waals surface area contributed by atoms with Crippen LogP contribution in [0.4, 0.5) is 0 Å². The number of aliphatic carboxylic acids is 1. The molecule has 1 saturated heterocycles. The number of hydrogen-bond donors (Lipinski definition) is 2. The number of rotatable bonds is 5. The van der Waals surface area contributed by atoms with Crippen molar-refractivity contribution in [3.05, 3.63) is 0 Å². The zero-order chi connectivity index (χ0) is 13.1.